The first kappa shape index (κ1) is 17.3. The number of fused-ring (bicyclic) bond motifs is 2. The summed E-state index contributed by atoms with van der Waals surface area (Å²) in [6.45, 7) is 7.51. The van der Waals surface area contributed by atoms with Gasteiger partial charge in [-0.25, -0.2) is 4.98 Å². The summed E-state index contributed by atoms with van der Waals surface area (Å²) in [6, 6.07) is 0.874. The smallest absolute Gasteiger partial charge is 0.194 e. The number of aliphatic imine (C=N–C) groups is 1. The van der Waals surface area contributed by atoms with Crippen LogP contribution in [0.15, 0.2) is 11.2 Å². The zero-order valence-electron chi connectivity index (χ0n) is 15.6. The first-order chi connectivity index (χ1) is 12.3. The van der Waals surface area contributed by atoms with E-state index < -0.39 is 0 Å². The van der Waals surface area contributed by atoms with Crippen molar-refractivity contribution in [2.24, 2.45) is 16.8 Å². The fourth-order valence-corrected chi connectivity index (χ4v) is 5.81. The van der Waals surface area contributed by atoms with Crippen molar-refractivity contribution in [3.63, 3.8) is 0 Å². The molecule has 6 heteroatoms. The Hall–Kier alpha value is -1.14. The molecule has 1 aromatic heterocycles. The van der Waals surface area contributed by atoms with Crippen LogP contribution in [0, 0.1) is 11.8 Å². The van der Waals surface area contributed by atoms with Crippen LogP contribution in [0.5, 0.6) is 0 Å². The van der Waals surface area contributed by atoms with Crippen LogP contribution in [0.3, 0.4) is 0 Å². The van der Waals surface area contributed by atoms with E-state index in [1.165, 1.54) is 43.6 Å². The van der Waals surface area contributed by atoms with E-state index in [9.17, 15) is 0 Å². The van der Waals surface area contributed by atoms with Crippen molar-refractivity contribution in [1.82, 2.24) is 20.1 Å². The second-order valence-corrected chi connectivity index (χ2v) is 8.94. The molecule has 2 bridgehead atoms. The molecule has 1 aromatic rings. The molecular weight excluding hydrogens is 330 g/mol. The Kier molecular flexibility index (Phi) is 5.27. The molecule has 2 saturated carbocycles. The highest BCUT2D eigenvalue weighted by Crippen LogP contribution is 2.46. The summed E-state index contributed by atoms with van der Waals surface area (Å²) in [6.07, 6.45) is 9.00. The van der Waals surface area contributed by atoms with Crippen LogP contribution < -0.4 is 5.32 Å². The van der Waals surface area contributed by atoms with E-state index >= 15 is 0 Å². The van der Waals surface area contributed by atoms with Crippen molar-refractivity contribution in [2.75, 3.05) is 33.2 Å². The number of aromatic nitrogens is 1. The molecule has 3 fully saturated rings. The highest BCUT2D eigenvalue weighted by Gasteiger charge is 2.42. The minimum absolute atomic E-state index is 0.782. The van der Waals surface area contributed by atoms with Gasteiger partial charge in [-0.05, 0) is 37.5 Å². The highest BCUT2D eigenvalue weighted by molar-refractivity contribution is 7.11. The number of nitrogens with one attached hydrogen (secondary N) is 1. The Morgan fingerprint density at radius 2 is 2.12 bits per heavy atom. The summed E-state index contributed by atoms with van der Waals surface area (Å²) < 4.78 is 0. The zero-order valence-corrected chi connectivity index (χ0v) is 16.4. The molecule has 0 spiro atoms. The van der Waals surface area contributed by atoms with Crippen LogP contribution in [0.25, 0.3) is 0 Å². The first-order valence-corrected chi connectivity index (χ1v) is 10.7. The van der Waals surface area contributed by atoms with E-state index in [2.05, 4.69) is 32.0 Å². The Labute approximate surface area is 155 Å². The average Bonchev–Trinajstić information content (AvgIpc) is 3.39. The van der Waals surface area contributed by atoms with Gasteiger partial charge < -0.3 is 10.2 Å². The van der Waals surface area contributed by atoms with Gasteiger partial charge in [0.25, 0.3) is 0 Å². The van der Waals surface area contributed by atoms with Crippen LogP contribution in [0.4, 0.5) is 0 Å². The van der Waals surface area contributed by atoms with E-state index in [1.54, 1.807) is 11.3 Å². The van der Waals surface area contributed by atoms with Crippen molar-refractivity contribution in [3.8, 4) is 0 Å². The molecule has 3 atom stereocenters. The van der Waals surface area contributed by atoms with Crippen molar-refractivity contribution in [3.05, 3.63) is 16.1 Å². The van der Waals surface area contributed by atoms with Gasteiger partial charge >= 0.3 is 0 Å². The summed E-state index contributed by atoms with van der Waals surface area (Å²) >= 11 is 1.80. The Bertz CT molecular complexity index is 605. The lowest BCUT2D eigenvalue weighted by Gasteiger charge is -2.41. The molecule has 2 heterocycles. The standard InChI is InChI=1S/C19H31N5S/c1-3-16-12-21-18(25-16)13-22-19(20-2)24-8-6-23(7-9-24)17-11-14-4-5-15(17)10-14/h12,14-15,17H,3-11,13H2,1-2H3,(H,20,22). The number of thiazole rings is 1. The molecule has 1 aliphatic heterocycles. The molecule has 1 N–H and O–H groups in total. The van der Waals surface area contributed by atoms with E-state index in [4.69, 9.17) is 0 Å². The molecule has 3 unspecified atom stereocenters. The first-order valence-electron chi connectivity index (χ1n) is 9.90. The van der Waals surface area contributed by atoms with Gasteiger partial charge in [0.05, 0.1) is 6.54 Å². The monoisotopic (exact) mass is 361 g/mol. The average molecular weight is 362 g/mol. The maximum absolute atomic E-state index is 4.50. The van der Waals surface area contributed by atoms with Gasteiger partial charge in [0.2, 0.25) is 0 Å². The quantitative estimate of drug-likeness (QED) is 0.661. The zero-order chi connectivity index (χ0) is 17.2. The van der Waals surface area contributed by atoms with Gasteiger partial charge in [0.15, 0.2) is 5.96 Å². The predicted octanol–water partition coefficient (Wildman–Crippen LogP) is 2.59. The Morgan fingerprint density at radius 1 is 1.28 bits per heavy atom. The number of hydrogen-bond donors (Lipinski definition) is 1. The van der Waals surface area contributed by atoms with Crippen LogP contribution in [-0.2, 0) is 13.0 Å². The van der Waals surface area contributed by atoms with Crippen LogP contribution in [0.2, 0.25) is 0 Å². The number of hydrogen-bond acceptors (Lipinski definition) is 4. The minimum atomic E-state index is 0.782. The van der Waals surface area contributed by atoms with Gasteiger partial charge in [-0.15, -0.1) is 11.3 Å². The molecule has 138 valence electrons. The van der Waals surface area contributed by atoms with Gasteiger partial charge in [0, 0.05) is 50.3 Å². The molecule has 1 saturated heterocycles. The van der Waals surface area contributed by atoms with Crippen molar-refractivity contribution < 1.29 is 0 Å². The van der Waals surface area contributed by atoms with Crippen molar-refractivity contribution in [2.45, 2.75) is 51.6 Å². The lowest BCUT2D eigenvalue weighted by molar-refractivity contribution is 0.0958. The van der Waals surface area contributed by atoms with Gasteiger partial charge in [0.1, 0.15) is 5.01 Å². The van der Waals surface area contributed by atoms with Crippen molar-refractivity contribution >= 4 is 17.3 Å². The fraction of sp³-hybridized carbons (Fsp3) is 0.789. The lowest BCUT2D eigenvalue weighted by Crippen LogP contribution is -2.55. The van der Waals surface area contributed by atoms with E-state index in [1.807, 2.05) is 13.2 Å². The van der Waals surface area contributed by atoms with Crippen LogP contribution in [-0.4, -0.2) is 60.0 Å². The topological polar surface area (TPSA) is 43.8 Å². The molecular formula is C19H31N5S. The lowest BCUT2D eigenvalue weighted by atomic mass is 9.93. The van der Waals surface area contributed by atoms with Crippen LogP contribution in [0.1, 0.15) is 42.5 Å². The maximum atomic E-state index is 4.50. The number of aryl methyl sites for hydroxylation is 1. The summed E-state index contributed by atoms with van der Waals surface area (Å²) in [5.41, 5.74) is 0. The molecule has 25 heavy (non-hydrogen) atoms. The van der Waals surface area contributed by atoms with Gasteiger partial charge in [-0.3, -0.25) is 9.89 Å². The largest absolute Gasteiger partial charge is 0.350 e. The van der Waals surface area contributed by atoms with Gasteiger partial charge in [-0.2, -0.15) is 0 Å². The SMILES string of the molecule is CCc1cnc(CNC(=NC)N2CCN(C3CC4CCC3C4)CC2)s1. The Morgan fingerprint density at radius 3 is 2.72 bits per heavy atom. The van der Waals surface area contributed by atoms with Gasteiger partial charge in [-0.1, -0.05) is 13.3 Å². The molecule has 0 amide bonds. The molecule has 2 aliphatic carbocycles. The second-order valence-electron chi connectivity index (χ2n) is 7.74. The Balaban J connectivity index is 1.27. The molecule has 3 aliphatic rings. The third-order valence-corrected chi connectivity index (χ3v) is 7.48. The van der Waals surface area contributed by atoms with Crippen LogP contribution >= 0.6 is 11.3 Å². The highest BCUT2D eigenvalue weighted by atomic mass is 32.1. The summed E-state index contributed by atoms with van der Waals surface area (Å²) in [5, 5.41) is 4.66. The van der Waals surface area contributed by atoms with E-state index in [0.29, 0.717) is 0 Å². The number of guanidine groups is 1. The fourth-order valence-electron chi connectivity index (χ4n) is 5.00. The third-order valence-electron chi connectivity index (χ3n) is 6.34. The molecule has 0 radical (unpaired) electrons. The number of piperazine rings is 1. The van der Waals surface area contributed by atoms with E-state index in [0.717, 1.165) is 54.9 Å². The summed E-state index contributed by atoms with van der Waals surface area (Å²) in [5.74, 6) is 3.06. The van der Waals surface area contributed by atoms with E-state index in [-0.39, 0.29) is 0 Å². The van der Waals surface area contributed by atoms with Crippen molar-refractivity contribution in [1.29, 1.82) is 0 Å². The third kappa shape index (κ3) is 3.70. The maximum Gasteiger partial charge on any atom is 0.194 e. The number of rotatable bonds is 4. The number of nitrogens with zero attached hydrogens (tertiary/aromatic N) is 4. The molecule has 4 rings (SSSR count). The summed E-state index contributed by atoms with van der Waals surface area (Å²) in [4.78, 5) is 15.5. The minimum Gasteiger partial charge on any atom is -0.350 e. The summed E-state index contributed by atoms with van der Waals surface area (Å²) in [7, 11) is 1.89. The molecule has 5 nitrogen and oxygen atoms in total. The predicted molar refractivity (Wildman–Crippen MR) is 104 cm³/mol. The normalized spacial score (nSPS) is 30.2. The second kappa shape index (κ2) is 7.62. The molecule has 0 aromatic carbocycles.